The first-order valence-corrected chi connectivity index (χ1v) is 4.38. The molecule has 0 unspecified atom stereocenters. The summed E-state index contributed by atoms with van der Waals surface area (Å²) in [4.78, 5) is 2.19. The molecule has 68 valence electrons. The second-order valence-corrected chi connectivity index (χ2v) is 3.83. The fraction of sp³-hybridized carbons (Fsp3) is 0.600. The first kappa shape index (κ1) is 9.33. The van der Waals surface area contributed by atoms with E-state index in [1.165, 1.54) is 0 Å². The Balaban J connectivity index is 2.24. The largest absolute Gasteiger partial charge is 0.390 e. The smallest absolute Gasteiger partial charge is 0.0608 e. The third-order valence-electron chi connectivity index (χ3n) is 1.89. The van der Waals surface area contributed by atoms with Gasteiger partial charge in [0.05, 0.1) is 5.60 Å². The van der Waals surface area contributed by atoms with Gasteiger partial charge in [-0.3, -0.25) is 0 Å². The van der Waals surface area contributed by atoms with E-state index in [4.69, 9.17) is 0 Å². The summed E-state index contributed by atoms with van der Waals surface area (Å²) in [5.41, 5.74) is -0.547. The van der Waals surface area contributed by atoms with Crippen LogP contribution in [0.15, 0.2) is 24.4 Å². The van der Waals surface area contributed by atoms with Crippen molar-refractivity contribution in [3.63, 3.8) is 0 Å². The summed E-state index contributed by atoms with van der Waals surface area (Å²) in [6.07, 6.45) is 9.05. The van der Waals surface area contributed by atoms with E-state index in [2.05, 4.69) is 17.2 Å². The molecule has 0 saturated carbocycles. The summed E-state index contributed by atoms with van der Waals surface area (Å²) in [6.45, 7) is 5.57. The van der Waals surface area contributed by atoms with Crippen molar-refractivity contribution in [2.75, 3.05) is 13.1 Å². The average Bonchev–Trinajstić information content (AvgIpc) is 2.02. The van der Waals surface area contributed by atoms with E-state index in [9.17, 15) is 5.11 Å². The normalized spacial score (nSPS) is 17.1. The van der Waals surface area contributed by atoms with Crippen molar-refractivity contribution in [1.29, 1.82) is 0 Å². The molecule has 0 aliphatic carbocycles. The Morgan fingerprint density at radius 1 is 1.42 bits per heavy atom. The zero-order valence-electron chi connectivity index (χ0n) is 7.83. The van der Waals surface area contributed by atoms with Crippen molar-refractivity contribution in [3.8, 4) is 0 Å². The number of hydrogen-bond acceptors (Lipinski definition) is 2. The van der Waals surface area contributed by atoms with Gasteiger partial charge in [0, 0.05) is 13.1 Å². The molecule has 0 saturated heterocycles. The topological polar surface area (TPSA) is 23.5 Å². The van der Waals surface area contributed by atoms with Crippen LogP contribution in [-0.4, -0.2) is 28.7 Å². The SMILES string of the molecule is CC(C)(O)CCN1C=CC=CC1. The molecule has 0 spiro atoms. The van der Waals surface area contributed by atoms with Gasteiger partial charge in [0.15, 0.2) is 0 Å². The predicted molar refractivity (Wildman–Crippen MR) is 50.8 cm³/mol. The predicted octanol–water partition coefficient (Wildman–Crippen LogP) is 1.53. The van der Waals surface area contributed by atoms with Gasteiger partial charge in [-0.05, 0) is 32.5 Å². The van der Waals surface area contributed by atoms with Gasteiger partial charge in [-0.15, -0.1) is 0 Å². The molecule has 0 aromatic rings. The maximum atomic E-state index is 9.48. The molecule has 1 rings (SSSR count). The van der Waals surface area contributed by atoms with Gasteiger partial charge >= 0.3 is 0 Å². The van der Waals surface area contributed by atoms with Crippen LogP contribution >= 0.6 is 0 Å². The molecule has 2 nitrogen and oxygen atoms in total. The molecule has 0 aromatic heterocycles. The van der Waals surface area contributed by atoms with Crippen LogP contribution in [0, 0.1) is 0 Å². The zero-order valence-corrected chi connectivity index (χ0v) is 7.83. The molecule has 12 heavy (non-hydrogen) atoms. The summed E-state index contributed by atoms with van der Waals surface area (Å²) < 4.78 is 0. The fourth-order valence-corrected chi connectivity index (χ4v) is 1.09. The zero-order chi connectivity index (χ0) is 9.03. The minimum absolute atomic E-state index is 0.547. The lowest BCUT2D eigenvalue weighted by Gasteiger charge is -2.24. The number of hydrogen-bond donors (Lipinski definition) is 1. The molecule has 1 aliphatic rings. The highest BCUT2D eigenvalue weighted by atomic mass is 16.3. The molecule has 0 radical (unpaired) electrons. The number of aliphatic hydroxyl groups is 1. The van der Waals surface area contributed by atoms with Gasteiger partial charge in [-0.1, -0.05) is 12.2 Å². The Hall–Kier alpha value is -0.760. The lowest BCUT2D eigenvalue weighted by Crippen LogP contribution is -2.28. The molecule has 0 aromatic carbocycles. The summed E-state index contributed by atoms with van der Waals surface area (Å²) in [7, 11) is 0. The van der Waals surface area contributed by atoms with E-state index < -0.39 is 5.60 Å². The maximum Gasteiger partial charge on any atom is 0.0608 e. The van der Waals surface area contributed by atoms with Crippen LogP contribution < -0.4 is 0 Å². The summed E-state index contributed by atoms with van der Waals surface area (Å²) in [5, 5.41) is 9.48. The number of allylic oxidation sites excluding steroid dienone is 2. The van der Waals surface area contributed by atoms with Crippen LogP contribution in [0.5, 0.6) is 0 Å². The van der Waals surface area contributed by atoms with Crippen LogP contribution in [0.2, 0.25) is 0 Å². The molecule has 0 fully saturated rings. The average molecular weight is 167 g/mol. The molecule has 0 atom stereocenters. The van der Waals surface area contributed by atoms with Gasteiger partial charge in [0.25, 0.3) is 0 Å². The first-order valence-electron chi connectivity index (χ1n) is 4.38. The lowest BCUT2D eigenvalue weighted by atomic mass is 10.1. The number of rotatable bonds is 3. The quantitative estimate of drug-likeness (QED) is 0.689. The Morgan fingerprint density at radius 2 is 2.17 bits per heavy atom. The van der Waals surface area contributed by atoms with Crippen molar-refractivity contribution < 1.29 is 5.11 Å². The third kappa shape index (κ3) is 3.58. The highest BCUT2D eigenvalue weighted by Crippen LogP contribution is 2.09. The molecule has 2 heteroatoms. The van der Waals surface area contributed by atoms with Crippen LogP contribution in [0.1, 0.15) is 20.3 Å². The highest BCUT2D eigenvalue weighted by Gasteiger charge is 2.13. The molecule has 0 amide bonds. The van der Waals surface area contributed by atoms with E-state index in [1.807, 2.05) is 26.0 Å². The second kappa shape index (κ2) is 3.76. The monoisotopic (exact) mass is 167 g/mol. The van der Waals surface area contributed by atoms with Gasteiger partial charge in [0.2, 0.25) is 0 Å². The van der Waals surface area contributed by atoms with Crippen molar-refractivity contribution in [3.05, 3.63) is 24.4 Å². The molecule has 0 bridgehead atoms. The van der Waals surface area contributed by atoms with E-state index in [1.54, 1.807) is 0 Å². The van der Waals surface area contributed by atoms with Crippen molar-refractivity contribution in [2.45, 2.75) is 25.9 Å². The second-order valence-electron chi connectivity index (χ2n) is 3.83. The Kier molecular flexibility index (Phi) is 2.93. The molecular weight excluding hydrogens is 150 g/mol. The fourth-order valence-electron chi connectivity index (χ4n) is 1.09. The van der Waals surface area contributed by atoms with E-state index in [-0.39, 0.29) is 0 Å². The van der Waals surface area contributed by atoms with Crippen LogP contribution in [0.25, 0.3) is 0 Å². The van der Waals surface area contributed by atoms with Crippen LogP contribution in [-0.2, 0) is 0 Å². The standard InChI is InChI=1S/C10H17NO/c1-10(2,12)6-9-11-7-4-3-5-8-11/h3-5,7,12H,6,8-9H2,1-2H3. The minimum Gasteiger partial charge on any atom is -0.390 e. The molecular formula is C10H17NO. The number of nitrogens with zero attached hydrogens (tertiary/aromatic N) is 1. The third-order valence-corrected chi connectivity index (χ3v) is 1.89. The maximum absolute atomic E-state index is 9.48. The molecule has 1 aliphatic heterocycles. The lowest BCUT2D eigenvalue weighted by molar-refractivity contribution is 0.0636. The van der Waals surface area contributed by atoms with E-state index in [0.29, 0.717) is 0 Å². The van der Waals surface area contributed by atoms with E-state index in [0.717, 1.165) is 19.5 Å². The van der Waals surface area contributed by atoms with Gasteiger partial charge in [0.1, 0.15) is 0 Å². The highest BCUT2D eigenvalue weighted by molar-refractivity contribution is 5.08. The van der Waals surface area contributed by atoms with Gasteiger partial charge in [-0.2, -0.15) is 0 Å². The first-order chi connectivity index (χ1) is 5.58. The van der Waals surface area contributed by atoms with Crippen molar-refractivity contribution >= 4 is 0 Å². The Morgan fingerprint density at radius 3 is 2.67 bits per heavy atom. The summed E-state index contributed by atoms with van der Waals surface area (Å²) in [5.74, 6) is 0. The van der Waals surface area contributed by atoms with Crippen LogP contribution in [0.4, 0.5) is 0 Å². The molecule has 1 N–H and O–H groups in total. The summed E-state index contributed by atoms with van der Waals surface area (Å²) in [6, 6.07) is 0. The van der Waals surface area contributed by atoms with Crippen molar-refractivity contribution in [1.82, 2.24) is 4.90 Å². The van der Waals surface area contributed by atoms with Crippen LogP contribution in [0.3, 0.4) is 0 Å². The van der Waals surface area contributed by atoms with Crippen molar-refractivity contribution in [2.24, 2.45) is 0 Å². The minimum atomic E-state index is -0.547. The van der Waals surface area contributed by atoms with Gasteiger partial charge in [-0.25, -0.2) is 0 Å². The van der Waals surface area contributed by atoms with E-state index >= 15 is 0 Å². The van der Waals surface area contributed by atoms with Gasteiger partial charge < -0.3 is 10.0 Å². The summed E-state index contributed by atoms with van der Waals surface area (Å²) >= 11 is 0. The Labute approximate surface area is 74.2 Å². The Bertz CT molecular complexity index is 189. The molecule has 1 heterocycles.